The fourth-order valence-electron chi connectivity index (χ4n) is 1.15. The molecule has 1 atom stereocenters. The van der Waals surface area contributed by atoms with Crippen molar-refractivity contribution in [2.75, 3.05) is 13.2 Å². The quantitative estimate of drug-likeness (QED) is 0.703. The highest BCUT2D eigenvalue weighted by Gasteiger charge is 2.20. The molecule has 2 rings (SSSR count). The van der Waals surface area contributed by atoms with E-state index in [0.717, 1.165) is 0 Å². The van der Waals surface area contributed by atoms with Crippen LogP contribution in [0.3, 0.4) is 0 Å². The molecule has 0 bridgehead atoms. The van der Waals surface area contributed by atoms with Crippen LogP contribution in [0.2, 0.25) is 0 Å². The second kappa shape index (κ2) is 3.25. The van der Waals surface area contributed by atoms with Gasteiger partial charge in [0.1, 0.15) is 12.7 Å². The van der Waals surface area contributed by atoms with Gasteiger partial charge >= 0.3 is 0 Å². The lowest BCUT2D eigenvalue weighted by molar-refractivity contribution is -0.133. The lowest BCUT2D eigenvalue weighted by Crippen LogP contribution is -2.38. The molecule has 0 aromatic carbocycles. The molecule has 1 aromatic heterocycles. The van der Waals surface area contributed by atoms with Crippen LogP contribution in [-0.4, -0.2) is 19.1 Å². The minimum absolute atomic E-state index is 0.0252. The third kappa shape index (κ3) is 1.49. The van der Waals surface area contributed by atoms with E-state index in [4.69, 9.17) is 4.74 Å². The van der Waals surface area contributed by atoms with Crippen molar-refractivity contribution < 1.29 is 9.53 Å². The van der Waals surface area contributed by atoms with E-state index in [2.05, 4.69) is 5.32 Å². The molecule has 1 aliphatic heterocycles. The van der Waals surface area contributed by atoms with Gasteiger partial charge in [-0.15, -0.1) is 11.3 Å². The molecule has 64 valence electrons. The van der Waals surface area contributed by atoms with E-state index in [1.54, 1.807) is 11.3 Å². The zero-order valence-corrected chi connectivity index (χ0v) is 7.26. The first-order chi connectivity index (χ1) is 5.86. The number of nitrogens with one attached hydrogen (secondary N) is 1. The van der Waals surface area contributed by atoms with Crippen LogP contribution in [0.25, 0.3) is 0 Å². The number of ether oxygens (including phenoxy) is 1. The average molecular weight is 183 g/mol. The lowest BCUT2D eigenvalue weighted by atomic mass is 10.2. The topological polar surface area (TPSA) is 38.3 Å². The Morgan fingerprint density at radius 1 is 1.67 bits per heavy atom. The van der Waals surface area contributed by atoms with Crippen LogP contribution in [0.5, 0.6) is 0 Å². The van der Waals surface area contributed by atoms with E-state index >= 15 is 0 Å². The smallest absolute Gasteiger partial charge is 0.246 e. The Balaban J connectivity index is 2.03. The molecule has 0 aliphatic carbocycles. The Kier molecular flexibility index (Phi) is 2.10. The summed E-state index contributed by atoms with van der Waals surface area (Å²) >= 11 is 1.65. The van der Waals surface area contributed by atoms with Gasteiger partial charge in [-0.05, 0) is 11.4 Å². The highest BCUT2D eigenvalue weighted by molar-refractivity contribution is 7.10. The van der Waals surface area contributed by atoms with Crippen molar-refractivity contribution in [3.05, 3.63) is 22.4 Å². The van der Waals surface area contributed by atoms with Gasteiger partial charge < -0.3 is 10.1 Å². The molecule has 3 nitrogen and oxygen atoms in total. The number of amides is 1. The maximum Gasteiger partial charge on any atom is 0.246 e. The van der Waals surface area contributed by atoms with Crippen LogP contribution in [0.15, 0.2) is 17.5 Å². The maximum atomic E-state index is 10.7. The van der Waals surface area contributed by atoms with Gasteiger partial charge in [0.2, 0.25) is 5.91 Å². The molecule has 1 N–H and O–H groups in total. The van der Waals surface area contributed by atoms with Gasteiger partial charge in [-0.1, -0.05) is 6.07 Å². The fourth-order valence-corrected chi connectivity index (χ4v) is 1.92. The number of hydrogen-bond acceptors (Lipinski definition) is 3. The lowest BCUT2D eigenvalue weighted by Gasteiger charge is -2.21. The summed E-state index contributed by atoms with van der Waals surface area (Å²) in [6.45, 7) is 0.780. The molecule has 4 heteroatoms. The minimum Gasteiger partial charge on any atom is -0.361 e. The highest BCUT2D eigenvalue weighted by atomic mass is 32.1. The van der Waals surface area contributed by atoms with E-state index in [-0.39, 0.29) is 18.6 Å². The van der Waals surface area contributed by atoms with Crippen LogP contribution in [0, 0.1) is 0 Å². The number of hydrogen-bond donors (Lipinski definition) is 1. The second-order valence-corrected chi connectivity index (χ2v) is 3.60. The molecule has 12 heavy (non-hydrogen) atoms. The van der Waals surface area contributed by atoms with Gasteiger partial charge in [0.05, 0.1) is 0 Å². The summed E-state index contributed by atoms with van der Waals surface area (Å²) in [4.78, 5) is 11.9. The van der Waals surface area contributed by atoms with Crippen molar-refractivity contribution in [3.63, 3.8) is 0 Å². The predicted octanol–water partition coefficient (Wildman–Crippen LogP) is 0.936. The normalized spacial score (nSPS) is 23.7. The van der Waals surface area contributed by atoms with Gasteiger partial charge in [-0.2, -0.15) is 0 Å². The highest BCUT2D eigenvalue weighted by Crippen LogP contribution is 2.22. The molecule has 0 saturated carbocycles. The Bertz CT molecular complexity index is 261. The van der Waals surface area contributed by atoms with Crippen LogP contribution >= 0.6 is 11.3 Å². The molecule has 0 radical (unpaired) electrons. The van der Waals surface area contributed by atoms with Crippen LogP contribution in [-0.2, 0) is 9.53 Å². The number of morpholine rings is 1. The standard InChI is InChI=1S/C8H9NO2S/c10-8-5-11-6(4-9-8)7-2-1-3-12-7/h1-3,6H,4-5H2,(H,9,10)/t6-/m1/s1. The molecule has 1 fully saturated rings. The summed E-state index contributed by atoms with van der Waals surface area (Å²) in [6.07, 6.45) is 0.0581. The molecule has 0 unspecified atom stereocenters. The fraction of sp³-hybridized carbons (Fsp3) is 0.375. The number of rotatable bonds is 1. The van der Waals surface area contributed by atoms with Crippen LogP contribution in [0.4, 0.5) is 0 Å². The summed E-state index contributed by atoms with van der Waals surface area (Å²) < 4.78 is 5.33. The van der Waals surface area contributed by atoms with Gasteiger partial charge in [-0.25, -0.2) is 0 Å². The van der Waals surface area contributed by atoms with Gasteiger partial charge in [-0.3, -0.25) is 4.79 Å². The van der Waals surface area contributed by atoms with Crippen molar-refractivity contribution in [1.29, 1.82) is 0 Å². The Morgan fingerprint density at radius 2 is 2.58 bits per heavy atom. The Hall–Kier alpha value is -0.870. The summed E-state index contributed by atoms with van der Waals surface area (Å²) in [7, 11) is 0. The number of thiophene rings is 1. The van der Waals surface area contributed by atoms with Crippen molar-refractivity contribution in [2.45, 2.75) is 6.10 Å². The Labute approximate surface area is 74.4 Å². The molecule has 1 aromatic rings. The first kappa shape index (κ1) is 7.76. The first-order valence-electron chi connectivity index (χ1n) is 3.78. The number of carbonyl (C=O) groups is 1. The largest absolute Gasteiger partial charge is 0.361 e. The predicted molar refractivity (Wildman–Crippen MR) is 46.0 cm³/mol. The van der Waals surface area contributed by atoms with Crippen molar-refractivity contribution in [1.82, 2.24) is 5.32 Å². The Morgan fingerprint density at radius 3 is 3.17 bits per heavy atom. The van der Waals surface area contributed by atoms with Crippen molar-refractivity contribution in [2.24, 2.45) is 0 Å². The number of carbonyl (C=O) groups excluding carboxylic acids is 1. The van der Waals surface area contributed by atoms with E-state index in [1.165, 1.54) is 4.88 Å². The molecule has 2 heterocycles. The van der Waals surface area contributed by atoms with E-state index < -0.39 is 0 Å². The van der Waals surface area contributed by atoms with E-state index in [0.29, 0.717) is 6.54 Å². The summed E-state index contributed by atoms with van der Waals surface area (Å²) in [6, 6.07) is 4.01. The maximum absolute atomic E-state index is 10.7. The van der Waals surface area contributed by atoms with Gasteiger partial charge in [0, 0.05) is 11.4 Å². The van der Waals surface area contributed by atoms with E-state index in [9.17, 15) is 4.79 Å². The molecule has 1 aliphatic rings. The van der Waals surface area contributed by atoms with Crippen molar-refractivity contribution >= 4 is 17.2 Å². The average Bonchev–Trinajstić information content (AvgIpc) is 2.58. The SMILES string of the molecule is O=C1CO[C@@H](c2cccs2)CN1. The monoisotopic (exact) mass is 183 g/mol. The third-order valence-corrected chi connectivity index (χ3v) is 2.73. The molecule has 1 amide bonds. The molecular weight excluding hydrogens is 174 g/mol. The van der Waals surface area contributed by atoms with Crippen molar-refractivity contribution in [3.8, 4) is 0 Å². The van der Waals surface area contributed by atoms with Crippen LogP contribution in [0.1, 0.15) is 11.0 Å². The summed E-state index contributed by atoms with van der Waals surface area (Å²) in [5.41, 5.74) is 0. The second-order valence-electron chi connectivity index (χ2n) is 2.62. The minimum atomic E-state index is -0.0252. The zero-order chi connectivity index (χ0) is 8.39. The van der Waals surface area contributed by atoms with Gasteiger partial charge in [0.25, 0.3) is 0 Å². The first-order valence-corrected chi connectivity index (χ1v) is 4.66. The molecule has 1 saturated heterocycles. The zero-order valence-electron chi connectivity index (χ0n) is 6.45. The summed E-state index contributed by atoms with van der Waals surface area (Å²) in [5.74, 6) is -0.0252. The molecule has 0 spiro atoms. The summed E-state index contributed by atoms with van der Waals surface area (Å²) in [5, 5.41) is 4.77. The van der Waals surface area contributed by atoms with Gasteiger partial charge in [0.15, 0.2) is 0 Å². The van der Waals surface area contributed by atoms with E-state index in [1.807, 2.05) is 17.5 Å². The van der Waals surface area contributed by atoms with Crippen LogP contribution < -0.4 is 5.32 Å². The molecular formula is C8H9NO2S. The third-order valence-electron chi connectivity index (χ3n) is 1.76.